The predicted octanol–water partition coefficient (Wildman–Crippen LogP) is 5.43. The smallest absolute Gasteiger partial charge is 0.288 e. The topological polar surface area (TPSA) is 80.9 Å². The second-order valence-electron chi connectivity index (χ2n) is 7.30. The molecule has 1 N–H and O–H groups in total. The molecule has 162 valence electrons. The summed E-state index contributed by atoms with van der Waals surface area (Å²) in [5, 5.41) is 4.68. The Hall–Kier alpha value is -3.97. The number of hydrogen-bond donors (Lipinski definition) is 1. The molecule has 1 atom stereocenters. The number of furan rings is 1. The Kier molecular flexibility index (Phi) is 6.12. The molecule has 33 heavy (non-hydrogen) atoms. The fourth-order valence-electron chi connectivity index (χ4n) is 3.64. The molecule has 5 rings (SSSR count). The Morgan fingerprint density at radius 2 is 1.58 bits per heavy atom. The summed E-state index contributed by atoms with van der Waals surface area (Å²) in [5.41, 5.74) is 3.17. The summed E-state index contributed by atoms with van der Waals surface area (Å²) in [7, 11) is 0. The first-order chi connectivity index (χ1) is 16.3. The van der Waals surface area contributed by atoms with E-state index in [1.807, 2.05) is 72.8 Å². The van der Waals surface area contributed by atoms with Gasteiger partial charge in [-0.3, -0.25) is 9.78 Å². The summed E-state index contributed by atoms with van der Waals surface area (Å²) in [6.07, 6.45) is 5.13. The molecule has 1 amide bonds. The monoisotopic (exact) mass is 452 g/mol. The third kappa shape index (κ3) is 4.63. The lowest BCUT2D eigenvalue weighted by atomic mass is 10.0. The van der Waals surface area contributed by atoms with Gasteiger partial charge >= 0.3 is 0 Å². The van der Waals surface area contributed by atoms with Gasteiger partial charge in [0.1, 0.15) is 5.58 Å². The highest BCUT2D eigenvalue weighted by Crippen LogP contribution is 2.32. The Labute approximate surface area is 195 Å². The number of amides is 1. The molecule has 2 aromatic carbocycles. The molecule has 0 aliphatic rings. The standard InChI is InChI=1S/C26H20N4O2S/c31-25(30-23(18-9-2-1-3-10-18)21-12-6-7-14-27-21)24-20(17-33-26-28-15-8-16-29-26)19-11-4-5-13-22(19)32-24/h1-16,23H,17H2,(H,30,31). The zero-order valence-corrected chi connectivity index (χ0v) is 18.4. The molecule has 0 radical (unpaired) electrons. The van der Waals surface area contributed by atoms with E-state index in [4.69, 9.17) is 4.42 Å². The maximum atomic E-state index is 13.5. The Balaban J connectivity index is 1.49. The zero-order valence-electron chi connectivity index (χ0n) is 17.6. The number of nitrogens with one attached hydrogen (secondary N) is 1. The number of thioether (sulfide) groups is 1. The zero-order chi connectivity index (χ0) is 22.5. The summed E-state index contributed by atoms with van der Waals surface area (Å²) in [6.45, 7) is 0. The van der Waals surface area contributed by atoms with Gasteiger partial charge in [0, 0.05) is 35.3 Å². The van der Waals surface area contributed by atoms with Crippen molar-refractivity contribution in [3.63, 3.8) is 0 Å². The molecule has 7 heteroatoms. The fourth-order valence-corrected chi connectivity index (χ4v) is 4.47. The van der Waals surface area contributed by atoms with Crippen molar-refractivity contribution in [2.75, 3.05) is 0 Å². The number of pyridine rings is 1. The van der Waals surface area contributed by atoms with Crippen molar-refractivity contribution in [3.8, 4) is 0 Å². The van der Waals surface area contributed by atoms with Gasteiger partial charge in [0.25, 0.3) is 5.91 Å². The number of nitrogens with zero attached hydrogens (tertiary/aromatic N) is 3. The molecule has 5 aromatic rings. The average molecular weight is 453 g/mol. The number of hydrogen-bond acceptors (Lipinski definition) is 6. The van der Waals surface area contributed by atoms with Gasteiger partial charge in [-0.05, 0) is 29.8 Å². The Morgan fingerprint density at radius 3 is 2.36 bits per heavy atom. The maximum Gasteiger partial charge on any atom is 0.288 e. The molecule has 0 aliphatic carbocycles. The van der Waals surface area contributed by atoms with Crippen LogP contribution >= 0.6 is 11.8 Å². The first-order valence-corrected chi connectivity index (χ1v) is 11.4. The van der Waals surface area contributed by atoms with Crippen LogP contribution in [0.15, 0.2) is 107 Å². The second-order valence-corrected chi connectivity index (χ2v) is 8.24. The summed E-state index contributed by atoms with van der Waals surface area (Å²) in [5.74, 6) is 0.496. The van der Waals surface area contributed by atoms with Crippen LogP contribution in [0.25, 0.3) is 11.0 Å². The number of fused-ring (bicyclic) bond motifs is 1. The third-order valence-electron chi connectivity index (χ3n) is 5.18. The van der Waals surface area contributed by atoms with Crippen LogP contribution in [0.1, 0.15) is 33.4 Å². The van der Waals surface area contributed by atoms with E-state index >= 15 is 0 Å². The van der Waals surface area contributed by atoms with Gasteiger partial charge in [-0.15, -0.1) is 0 Å². The highest BCUT2D eigenvalue weighted by atomic mass is 32.2. The summed E-state index contributed by atoms with van der Waals surface area (Å²) in [4.78, 5) is 26.6. The molecular formula is C26H20N4O2S. The lowest BCUT2D eigenvalue weighted by molar-refractivity contribution is 0.0915. The van der Waals surface area contributed by atoms with Crippen LogP contribution in [-0.4, -0.2) is 20.9 Å². The summed E-state index contributed by atoms with van der Waals surface area (Å²) < 4.78 is 6.04. The molecule has 3 aromatic heterocycles. The van der Waals surface area contributed by atoms with E-state index in [9.17, 15) is 4.79 Å². The van der Waals surface area contributed by atoms with Crippen molar-refractivity contribution in [2.45, 2.75) is 17.0 Å². The SMILES string of the molecule is O=C(NC(c1ccccc1)c1ccccn1)c1oc2ccccc2c1CSc1ncccn1. The van der Waals surface area contributed by atoms with E-state index in [0.29, 0.717) is 16.5 Å². The lowest BCUT2D eigenvalue weighted by Gasteiger charge is -2.18. The lowest BCUT2D eigenvalue weighted by Crippen LogP contribution is -2.30. The average Bonchev–Trinajstić information content (AvgIpc) is 3.26. The quantitative estimate of drug-likeness (QED) is 0.262. The van der Waals surface area contributed by atoms with E-state index in [1.165, 1.54) is 11.8 Å². The number of carbonyl (C=O) groups excluding carboxylic acids is 1. The molecule has 6 nitrogen and oxygen atoms in total. The number of carbonyl (C=O) groups is 1. The Bertz CT molecular complexity index is 1320. The molecule has 0 spiro atoms. The van der Waals surface area contributed by atoms with E-state index in [0.717, 1.165) is 22.2 Å². The van der Waals surface area contributed by atoms with Crippen molar-refractivity contribution >= 4 is 28.6 Å². The minimum absolute atomic E-state index is 0.288. The van der Waals surface area contributed by atoms with E-state index in [1.54, 1.807) is 24.7 Å². The molecule has 0 fully saturated rings. The van der Waals surface area contributed by atoms with Crippen LogP contribution in [0.5, 0.6) is 0 Å². The van der Waals surface area contributed by atoms with Crippen LogP contribution in [0, 0.1) is 0 Å². The van der Waals surface area contributed by atoms with E-state index in [2.05, 4.69) is 20.3 Å². The van der Waals surface area contributed by atoms with Crippen LogP contribution in [0.4, 0.5) is 0 Å². The van der Waals surface area contributed by atoms with Gasteiger partial charge in [-0.1, -0.05) is 66.4 Å². The Morgan fingerprint density at radius 1 is 0.848 bits per heavy atom. The minimum atomic E-state index is -0.411. The molecule has 3 heterocycles. The van der Waals surface area contributed by atoms with Gasteiger partial charge in [-0.25, -0.2) is 9.97 Å². The van der Waals surface area contributed by atoms with Crippen molar-refractivity contribution < 1.29 is 9.21 Å². The molecule has 0 aliphatic heterocycles. The minimum Gasteiger partial charge on any atom is -0.451 e. The van der Waals surface area contributed by atoms with Gasteiger partial charge in [0.2, 0.25) is 0 Å². The van der Waals surface area contributed by atoms with Crippen LogP contribution in [-0.2, 0) is 5.75 Å². The van der Waals surface area contributed by atoms with Crippen molar-refractivity contribution in [1.29, 1.82) is 0 Å². The van der Waals surface area contributed by atoms with Crippen molar-refractivity contribution in [2.24, 2.45) is 0 Å². The second kappa shape index (κ2) is 9.67. The van der Waals surface area contributed by atoms with E-state index in [-0.39, 0.29) is 11.7 Å². The van der Waals surface area contributed by atoms with Crippen molar-refractivity contribution in [1.82, 2.24) is 20.3 Å². The molecule has 0 saturated carbocycles. The first kappa shape index (κ1) is 20.9. The van der Waals surface area contributed by atoms with Gasteiger partial charge in [0.15, 0.2) is 10.9 Å². The maximum absolute atomic E-state index is 13.5. The number of benzene rings is 2. The summed E-state index contributed by atoms with van der Waals surface area (Å²) in [6, 6.07) is 24.5. The highest BCUT2D eigenvalue weighted by molar-refractivity contribution is 7.98. The number of para-hydroxylation sites is 1. The molecule has 0 saturated heterocycles. The largest absolute Gasteiger partial charge is 0.451 e. The van der Waals surface area contributed by atoms with Crippen LogP contribution in [0.3, 0.4) is 0 Å². The van der Waals surface area contributed by atoms with Gasteiger partial charge in [0.05, 0.1) is 11.7 Å². The fraction of sp³-hybridized carbons (Fsp3) is 0.0769. The van der Waals surface area contributed by atoms with Gasteiger partial charge in [-0.2, -0.15) is 0 Å². The van der Waals surface area contributed by atoms with Crippen LogP contribution < -0.4 is 5.32 Å². The van der Waals surface area contributed by atoms with Crippen molar-refractivity contribution in [3.05, 3.63) is 120 Å². The highest BCUT2D eigenvalue weighted by Gasteiger charge is 2.25. The number of rotatable bonds is 7. The predicted molar refractivity (Wildman–Crippen MR) is 128 cm³/mol. The van der Waals surface area contributed by atoms with Crippen LogP contribution in [0.2, 0.25) is 0 Å². The number of aromatic nitrogens is 3. The third-order valence-corrected chi connectivity index (χ3v) is 6.09. The first-order valence-electron chi connectivity index (χ1n) is 10.5. The van der Waals surface area contributed by atoms with Gasteiger partial charge < -0.3 is 9.73 Å². The molecule has 0 bridgehead atoms. The normalized spacial score (nSPS) is 11.9. The van der Waals surface area contributed by atoms with E-state index < -0.39 is 6.04 Å². The summed E-state index contributed by atoms with van der Waals surface area (Å²) >= 11 is 1.46. The molecular weight excluding hydrogens is 432 g/mol. The molecule has 1 unspecified atom stereocenters.